The number of carbonyl (C=O) groups is 2. The largest absolute Gasteiger partial charge is 0.493 e. The first kappa shape index (κ1) is 25.4. The van der Waals surface area contributed by atoms with Crippen LogP contribution in [0.4, 0.5) is 11.4 Å². The van der Waals surface area contributed by atoms with E-state index in [-0.39, 0.29) is 24.0 Å². The normalized spacial score (nSPS) is 10.9. The smallest absolute Gasteiger partial charge is 0.307 e. The lowest BCUT2D eigenvalue weighted by Gasteiger charge is -2.12. The summed E-state index contributed by atoms with van der Waals surface area (Å²) in [5.74, 6) is -0.347. The zero-order valence-corrected chi connectivity index (χ0v) is 20.9. The number of ether oxygens (including phenoxy) is 2. The van der Waals surface area contributed by atoms with E-state index in [1.165, 1.54) is 37.6 Å². The number of rotatable bonds is 9. The van der Waals surface area contributed by atoms with Crippen molar-refractivity contribution < 1.29 is 28.4 Å². The minimum atomic E-state index is -0.637. The Morgan fingerprint density at radius 2 is 1.89 bits per heavy atom. The molecule has 0 saturated carbocycles. The molecule has 0 fully saturated rings. The molecule has 0 radical (unpaired) electrons. The van der Waals surface area contributed by atoms with Gasteiger partial charge in [-0.05, 0) is 52.3 Å². The highest BCUT2D eigenvalue weighted by atomic mass is 79.9. The molecule has 37 heavy (non-hydrogen) atoms. The first-order chi connectivity index (χ1) is 17.8. The Bertz CT molecular complexity index is 1500. The maximum Gasteiger partial charge on any atom is 0.307 e. The molecule has 1 aromatic heterocycles. The minimum absolute atomic E-state index is 0.0539. The third-order valence-electron chi connectivity index (χ3n) is 5.00. The van der Waals surface area contributed by atoms with E-state index in [2.05, 4.69) is 31.8 Å². The number of non-ortho nitro benzene ring substituents is 1. The van der Waals surface area contributed by atoms with Crippen LogP contribution in [0.25, 0.3) is 11.0 Å². The summed E-state index contributed by atoms with van der Waals surface area (Å²) < 4.78 is 17.0. The Balaban J connectivity index is 1.40. The van der Waals surface area contributed by atoms with Crippen LogP contribution in [0.2, 0.25) is 0 Å². The predicted molar refractivity (Wildman–Crippen MR) is 139 cm³/mol. The fourth-order valence-corrected chi connectivity index (χ4v) is 3.68. The van der Waals surface area contributed by atoms with Crippen LogP contribution in [0.1, 0.15) is 16.1 Å². The van der Waals surface area contributed by atoms with Crippen molar-refractivity contribution in [2.24, 2.45) is 5.10 Å². The number of nitrogens with zero attached hydrogens (tertiary/aromatic N) is 2. The number of anilines is 1. The van der Waals surface area contributed by atoms with E-state index >= 15 is 0 Å². The lowest BCUT2D eigenvalue weighted by atomic mass is 10.2. The van der Waals surface area contributed by atoms with E-state index in [4.69, 9.17) is 13.9 Å². The number of methoxy groups -OCH3 is 1. The van der Waals surface area contributed by atoms with Gasteiger partial charge in [0.05, 0.1) is 18.2 Å². The summed E-state index contributed by atoms with van der Waals surface area (Å²) in [6.45, 7) is -0.234. The molecule has 2 amide bonds. The third-order valence-corrected chi connectivity index (χ3v) is 5.69. The Morgan fingerprint density at radius 1 is 1.11 bits per heavy atom. The van der Waals surface area contributed by atoms with Crippen LogP contribution in [-0.4, -0.2) is 36.7 Å². The molecule has 4 rings (SSSR count). The number of fused-ring (bicyclic) bond motifs is 1. The van der Waals surface area contributed by atoms with Gasteiger partial charge in [-0.25, -0.2) is 5.43 Å². The van der Waals surface area contributed by atoms with Crippen LogP contribution in [0.3, 0.4) is 0 Å². The highest BCUT2D eigenvalue weighted by Gasteiger charge is 2.15. The van der Waals surface area contributed by atoms with Gasteiger partial charge in [0.15, 0.2) is 23.9 Å². The number of carbonyl (C=O) groups excluding carboxylic acids is 2. The average molecular weight is 567 g/mol. The van der Waals surface area contributed by atoms with Crippen molar-refractivity contribution in [3.05, 3.63) is 92.6 Å². The molecular formula is C25H19BrN4O7. The van der Waals surface area contributed by atoms with Gasteiger partial charge in [0.25, 0.3) is 11.6 Å². The van der Waals surface area contributed by atoms with Crippen LogP contribution in [-0.2, 0) is 4.79 Å². The number of hydrogen-bond donors (Lipinski definition) is 2. The molecule has 12 heteroatoms. The molecule has 0 bridgehead atoms. The number of halogens is 1. The van der Waals surface area contributed by atoms with Crippen molar-refractivity contribution in [3.63, 3.8) is 0 Å². The van der Waals surface area contributed by atoms with Crippen molar-refractivity contribution in [1.29, 1.82) is 0 Å². The number of hydrazone groups is 1. The van der Waals surface area contributed by atoms with E-state index in [9.17, 15) is 19.7 Å². The minimum Gasteiger partial charge on any atom is -0.493 e. The second-order valence-corrected chi connectivity index (χ2v) is 8.37. The molecule has 2 N–H and O–H groups in total. The predicted octanol–water partition coefficient (Wildman–Crippen LogP) is 4.89. The van der Waals surface area contributed by atoms with Crippen molar-refractivity contribution in [2.45, 2.75) is 0 Å². The van der Waals surface area contributed by atoms with Gasteiger partial charge >= 0.3 is 5.91 Å². The van der Waals surface area contributed by atoms with Crippen molar-refractivity contribution in [1.82, 2.24) is 5.43 Å². The molecule has 0 spiro atoms. The van der Waals surface area contributed by atoms with Gasteiger partial charge in [-0.2, -0.15) is 5.10 Å². The van der Waals surface area contributed by atoms with Gasteiger partial charge in [-0.1, -0.05) is 18.2 Å². The van der Waals surface area contributed by atoms with E-state index in [1.807, 2.05) is 18.2 Å². The number of para-hydroxylation sites is 1. The summed E-state index contributed by atoms with van der Waals surface area (Å²) in [5.41, 5.74) is 3.78. The standard InChI is InChI=1S/C25H19BrN4O7/c1-35-21-11-16(19(26)12-22(21)36-14-24(31)28-17-5-3-2-4-6-17)13-27-29-25(32)23-10-15-9-18(30(33)34)7-8-20(15)37-23/h2-13H,14H2,1H3,(H,28,31)(H,29,32)/b27-13-. The lowest BCUT2D eigenvalue weighted by Crippen LogP contribution is -2.20. The average Bonchev–Trinajstić information content (AvgIpc) is 3.32. The zero-order chi connectivity index (χ0) is 26.4. The zero-order valence-electron chi connectivity index (χ0n) is 19.3. The number of nitro groups is 1. The fraction of sp³-hybridized carbons (Fsp3) is 0.0800. The van der Waals surface area contributed by atoms with Crippen molar-refractivity contribution >= 4 is 56.3 Å². The number of benzene rings is 3. The fourth-order valence-electron chi connectivity index (χ4n) is 3.26. The molecule has 3 aromatic carbocycles. The van der Waals surface area contributed by atoms with Crippen LogP contribution >= 0.6 is 15.9 Å². The molecule has 0 aliphatic carbocycles. The molecule has 0 aliphatic heterocycles. The maximum absolute atomic E-state index is 12.4. The van der Waals surface area contributed by atoms with E-state index in [1.54, 1.807) is 24.3 Å². The van der Waals surface area contributed by atoms with Gasteiger partial charge in [0.1, 0.15) is 5.58 Å². The van der Waals surface area contributed by atoms with E-state index in [0.29, 0.717) is 38.2 Å². The van der Waals surface area contributed by atoms with Gasteiger partial charge in [-0.3, -0.25) is 19.7 Å². The second-order valence-electron chi connectivity index (χ2n) is 7.52. The Morgan fingerprint density at radius 3 is 2.62 bits per heavy atom. The molecule has 0 unspecified atom stereocenters. The number of amides is 2. The maximum atomic E-state index is 12.4. The van der Waals surface area contributed by atoms with Gasteiger partial charge in [0, 0.05) is 33.2 Å². The number of furan rings is 1. The summed E-state index contributed by atoms with van der Waals surface area (Å²) in [6, 6.07) is 17.7. The summed E-state index contributed by atoms with van der Waals surface area (Å²) in [5, 5.41) is 18.0. The lowest BCUT2D eigenvalue weighted by molar-refractivity contribution is -0.384. The monoisotopic (exact) mass is 566 g/mol. The van der Waals surface area contributed by atoms with Crippen molar-refractivity contribution in [3.8, 4) is 11.5 Å². The highest BCUT2D eigenvalue weighted by molar-refractivity contribution is 9.10. The van der Waals surface area contributed by atoms with Gasteiger partial charge in [0.2, 0.25) is 0 Å². The Labute approximate surface area is 218 Å². The Kier molecular flexibility index (Phi) is 7.79. The molecule has 0 atom stereocenters. The number of hydrogen-bond acceptors (Lipinski definition) is 8. The topological polar surface area (TPSA) is 145 Å². The molecule has 0 saturated heterocycles. The first-order valence-corrected chi connectivity index (χ1v) is 11.5. The quantitative estimate of drug-likeness (QED) is 0.166. The number of nitrogens with one attached hydrogen (secondary N) is 2. The van der Waals surface area contributed by atoms with Crippen molar-refractivity contribution in [2.75, 3.05) is 19.0 Å². The summed E-state index contributed by atoms with van der Waals surface area (Å²) in [7, 11) is 1.45. The molecule has 188 valence electrons. The van der Waals surface area contributed by atoms with Crippen LogP contribution < -0.4 is 20.2 Å². The third kappa shape index (κ3) is 6.30. The van der Waals surface area contributed by atoms with Gasteiger partial charge in [-0.15, -0.1) is 0 Å². The SMILES string of the molecule is COc1cc(/C=N\NC(=O)c2cc3cc([N+](=O)[O-])ccc3o2)c(Br)cc1OCC(=O)Nc1ccccc1. The molecule has 1 heterocycles. The summed E-state index contributed by atoms with van der Waals surface area (Å²) >= 11 is 3.41. The molecule has 0 aliphatic rings. The number of nitro benzene ring substituents is 1. The van der Waals surface area contributed by atoms with E-state index in [0.717, 1.165) is 0 Å². The van der Waals surface area contributed by atoms with E-state index < -0.39 is 10.8 Å². The summed E-state index contributed by atoms with van der Waals surface area (Å²) in [6.07, 6.45) is 1.38. The molecule has 4 aromatic rings. The van der Waals surface area contributed by atoms with Gasteiger partial charge < -0.3 is 19.2 Å². The molecular weight excluding hydrogens is 548 g/mol. The highest BCUT2D eigenvalue weighted by Crippen LogP contribution is 2.33. The van der Waals surface area contributed by atoms with Crippen LogP contribution in [0, 0.1) is 10.1 Å². The molecule has 11 nitrogen and oxygen atoms in total. The van der Waals surface area contributed by atoms with Crippen LogP contribution in [0.15, 0.2) is 80.7 Å². The second kappa shape index (κ2) is 11.4. The first-order valence-electron chi connectivity index (χ1n) is 10.7. The summed E-state index contributed by atoms with van der Waals surface area (Å²) in [4.78, 5) is 35.0. The Hall–Kier alpha value is -4.71. The van der Waals surface area contributed by atoms with Crippen LogP contribution in [0.5, 0.6) is 11.5 Å².